The van der Waals surface area contributed by atoms with Crippen molar-refractivity contribution in [2.45, 2.75) is 25.3 Å². The summed E-state index contributed by atoms with van der Waals surface area (Å²) in [4.78, 5) is 40.2. The van der Waals surface area contributed by atoms with Crippen molar-refractivity contribution in [3.8, 4) is 0 Å². The van der Waals surface area contributed by atoms with Gasteiger partial charge in [-0.2, -0.15) is 0 Å². The fourth-order valence-electron chi connectivity index (χ4n) is 4.32. The predicted molar refractivity (Wildman–Crippen MR) is 133 cm³/mol. The second-order valence-electron chi connectivity index (χ2n) is 8.83. The molecule has 3 aromatic rings. The number of piperidine rings is 1. The number of urea groups is 1. The molecule has 2 heterocycles. The van der Waals surface area contributed by atoms with Crippen molar-refractivity contribution in [2.75, 3.05) is 25.0 Å². The number of hydrogen-bond acceptors (Lipinski definition) is 4. The number of rotatable bonds is 8. The summed E-state index contributed by atoms with van der Waals surface area (Å²) < 4.78 is 18.5. The molecule has 0 aliphatic carbocycles. The van der Waals surface area contributed by atoms with Crippen molar-refractivity contribution < 1.29 is 23.2 Å². The SMILES string of the molecule is O=C(NCC1CCCN(C(=O)C(Cc2ccccc2)NC(=O)c2ccco2)C1)Nc1cccc(F)c1. The van der Waals surface area contributed by atoms with Crippen LogP contribution < -0.4 is 16.0 Å². The summed E-state index contributed by atoms with van der Waals surface area (Å²) in [6, 6.07) is 17.2. The van der Waals surface area contributed by atoms with Gasteiger partial charge in [-0.05, 0) is 54.7 Å². The number of carbonyl (C=O) groups excluding carboxylic acids is 3. The third-order valence-electron chi connectivity index (χ3n) is 6.10. The summed E-state index contributed by atoms with van der Waals surface area (Å²) in [6.07, 6.45) is 3.40. The van der Waals surface area contributed by atoms with Crippen LogP contribution in [0.25, 0.3) is 0 Å². The lowest BCUT2D eigenvalue weighted by Gasteiger charge is -2.35. The Morgan fingerprint density at radius 1 is 1.06 bits per heavy atom. The average Bonchev–Trinajstić information content (AvgIpc) is 3.43. The monoisotopic (exact) mass is 492 g/mol. The summed E-state index contributed by atoms with van der Waals surface area (Å²) >= 11 is 0. The molecule has 0 radical (unpaired) electrons. The number of likely N-dealkylation sites (tertiary alicyclic amines) is 1. The molecule has 0 bridgehead atoms. The van der Waals surface area contributed by atoms with Gasteiger partial charge in [0.1, 0.15) is 11.9 Å². The van der Waals surface area contributed by atoms with E-state index in [-0.39, 0.29) is 17.6 Å². The number of nitrogens with zero attached hydrogens (tertiary/aromatic N) is 1. The van der Waals surface area contributed by atoms with E-state index in [2.05, 4.69) is 16.0 Å². The zero-order valence-corrected chi connectivity index (χ0v) is 19.8. The Morgan fingerprint density at radius 3 is 2.64 bits per heavy atom. The third kappa shape index (κ3) is 6.94. The molecule has 1 saturated heterocycles. The second kappa shape index (κ2) is 12.0. The molecule has 1 aromatic heterocycles. The van der Waals surface area contributed by atoms with Gasteiger partial charge in [-0.1, -0.05) is 36.4 Å². The van der Waals surface area contributed by atoms with Crippen molar-refractivity contribution in [1.82, 2.24) is 15.5 Å². The molecule has 3 N–H and O–H groups in total. The lowest BCUT2D eigenvalue weighted by molar-refractivity contribution is -0.135. The fourth-order valence-corrected chi connectivity index (χ4v) is 4.32. The van der Waals surface area contributed by atoms with Crippen LogP contribution in [0.5, 0.6) is 0 Å². The molecule has 9 heteroatoms. The van der Waals surface area contributed by atoms with Crippen LogP contribution in [0.4, 0.5) is 14.9 Å². The smallest absolute Gasteiger partial charge is 0.319 e. The van der Waals surface area contributed by atoms with Crippen LogP contribution in [-0.2, 0) is 11.2 Å². The van der Waals surface area contributed by atoms with Crippen LogP contribution >= 0.6 is 0 Å². The van der Waals surface area contributed by atoms with Gasteiger partial charge in [0.15, 0.2) is 5.76 Å². The summed E-state index contributed by atoms with van der Waals surface area (Å²) in [5.41, 5.74) is 1.30. The minimum absolute atomic E-state index is 0.0547. The zero-order chi connectivity index (χ0) is 25.3. The van der Waals surface area contributed by atoms with Crippen molar-refractivity contribution in [3.05, 3.63) is 90.1 Å². The number of furan rings is 1. The molecular formula is C27H29FN4O4. The number of carbonyl (C=O) groups is 3. The van der Waals surface area contributed by atoms with Crippen molar-refractivity contribution in [2.24, 2.45) is 5.92 Å². The van der Waals surface area contributed by atoms with Crippen molar-refractivity contribution in [3.63, 3.8) is 0 Å². The molecule has 4 amide bonds. The fraction of sp³-hybridized carbons (Fsp3) is 0.296. The molecular weight excluding hydrogens is 463 g/mol. The predicted octanol–water partition coefficient (Wildman–Crippen LogP) is 3.82. The van der Waals surface area contributed by atoms with Crippen molar-refractivity contribution >= 4 is 23.5 Å². The summed E-state index contributed by atoms with van der Waals surface area (Å²) in [5.74, 6) is -0.852. The van der Waals surface area contributed by atoms with E-state index in [1.807, 2.05) is 30.3 Å². The molecule has 36 heavy (non-hydrogen) atoms. The Bertz CT molecular complexity index is 1170. The van der Waals surface area contributed by atoms with Gasteiger partial charge in [0.25, 0.3) is 5.91 Å². The number of nitrogens with one attached hydrogen (secondary N) is 3. The lowest BCUT2D eigenvalue weighted by atomic mass is 9.96. The number of halogens is 1. The average molecular weight is 493 g/mol. The maximum absolute atomic E-state index is 13.5. The highest BCUT2D eigenvalue weighted by molar-refractivity contribution is 5.95. The highest BCUT2D eigenvalue weighted by Crippen LogP contribution is 2.18. The molecule has 2 aromatic carbocycles. The van der Waals surface area contributed by atoms with Gasteiger partial charge in [0.05, 0.1) is 6.26 Å². The Hall–Kier alpha value is -4.14. The normalized spacial score (nSPS) is 16.1. The largest absolute Gasteiger partial charge is 0.459 e. The van der Waals surface area contributed by atoms with Gasteiger partial charge >= 0.3 is 6.03 Å². The van der Waals surface area contributed by atoms with Gasteiger partial charge in [-0.25, -0.2) is 9.18 Å². The molecule has 1 aliphatic rings. The number of benzene rings is 2. The highest BCUT2D eigenvalue weighted by Gasteiger charge is 2.31. The first-order valence-electron chi connectivity index (χ1n) is 12.0. The third-order valence-corrected chi connectivity index (χ3v) is 6.10. The van der Waals surface area contributed by atoms with E-state index in [1.165, 1.54) is 24.5 Å². The van der Waals surface area contributed by atoms with E-state index in [4.69, 9.17) is 4.42 Å². The number of amides is 4. The maximum atomic E-state index is 13.5. The Kier molecular flexibility index (Phi) is 8.33. The van der Waals surface area contributed by atoms with E-state index < -0.39 is 23.8 Å². The van der Waals surface area contributed by atoms with Gasteiger partial charge in [0.2, 0.25) is 5.91 Å². The zero-order valence-electron chi connectivity index (χ0n) is 19.8. The molecule has 0 spiro atoms. The highest BCUT2D eigenvalue weighted by atomic mass is 19.1. The van der Waals surface area contributed by atoms with E-state index in [1.54, 1.807) is 23.1 Å². The first-order chi connectivity index (χ1) is 17.5. The number of anilines is 1. The summed E-state index contributed by atoms with van der Waals surface area (Å²) in [6.45, 7) is 1.40. The molecule has 4 rings (SSSR count). The Labute approximate surface area is 208 Å². The molecule has 1 aliphatic heterocycles. The van der Waals surface area contributed by atoms with Gasteiger partial charge < -0.3 is 25.3 Å². The molecule has 0 saturated carbocycles. The van der Waals surface area contributed by atoms with E-state index in [0.29, 0.717) is 31.7 Å². The van der Waals surface area contributed by atoms with E-state index in [0.717, 1.165) is 18.4 Å². The molecule has 1 fully saturated rings. The summed E-state index contributed by atoms with van der Waals surface area (Å²) in [5, 5.41) is 8.24. The Morgan fingerprint density at radius 2 is 1.89 bits per heavy atom. The Balaban J connectivity index is 1.36. The summed E-state index contributed by atoms with van der Waals surface area (Å²) in [7, 11) is 0. The van der Waals surface area contributed by atoms with Crippen LogP contribution in [0.1, 0.15) is 29.0 Å². The minimum Gasteiger partial charge on any atom is -0.459 e. The molecule has 2 atom stereocenters. The van der Waals surface area contributed by atoms with Crippen LogP contribution in [0.3, 0.4) is 0 Å². The van der Waals surface area contributed by atoms with Crippen LogP contribution in [-0.4, -0.2) is 48.4 Å². The van der Waals surface area contributed by atoms with Crippen LogP contribution in [0.15, 0.2) is 77.4 Å². The minimum atomic E-state index is -0.756. The van der Waals surface area contributed by atoms with Crippen LogP contribution in [0, 0.1) is 11.7 Å². The van der Waals surface area contributed by atoms with Gasteiger partial charge in [-0.15, -0.1) is 0 Å². The number of hydrogen-bond donors (Lipinski definition) is 3. The standard InChI is InChI=1S/C27H29FN4O4/c28-21-10-4-11-22(16-21)30-27(35)29-17-20-9-5-13-32(18-20)26(34)23(15-19-7-2-1-3-8-19)31-25(33)24-12-6-14-36-24/h1-4,6-8,10-12,14,16,20,23H,5,9,13,15,17-18H2,(H,31,33)(H2,29,30,35). The first-order valence-corrected chi connectivity index (χ1v) is 12.0. The van der Waals surface area contributed by atoms with E-state index in [9.17, 15) is 18.8 Å². The van der Waals surface area contributed by atoms with Gasteiger partial charge in [0, 0.05) is 31.7 Å². The van der Waals surface area contributed by atoms with E-state index >= 15 is 0 Å². The molecule has 8 nitrogen and oxygen atoms in total. The van der Waals surface area contributed by atoms with Gasteiger partial charge in [-0.3, -0.25) is 9.59 Å². The van der Waals surface area contributed by atoms with Crippen LogP contribution in [0.2, 0.25) is 0 Å². The first kappa shape index (κ1) is 25.0. The molecule has 188 valence electrons. The molecule has 2 unspecified atom stereocenters. The maximum Gasteiger partial charge on any atom is 0.319 e. The quantitative estimate of drug-likeness (QED) is 0.445. The van der Waals surface area contributed by atoms with Crippen molar-refractivity contribution in [1.29, 1.82) is 0 Å². The second-order valence-corrected chi connectivity index (χ2v) is 8.83. The topological polar surface area (TPSA) is 104 Å². The lowest BCUT2D eigenvalue weighted by Crippen LogP contribution is -2.53.